The molecule has 3 aromatic carbocycles. The van der Waals surface area contributed by atoms with Crippen molar-refractivity contribution in [3.8, 4) is 11.5 Å². The van der Waals surface area contributed by atoms with E-state index in [1.165, 1.54) is 78.0 Å². The Balaban J connectivity index is 1.67. The topological polar surface area (TPSA) is 143 Å². The third-order valence-corrected chi connectivity index (χ3v) is 10.4. The molecule has 11 nitrogen and oxygen atoms in total. The molecule has 0 unspecified atom stereocenters. The quantitative estimate of drug-likeness (QED) is 0.354. The predicted octanol–water partition coefficient (Wildman–Crippen LogP) is 3.04. The lowest BCUT2D eigenvalue weighted by atomic mass is 9.99. The minimum Gasteiger partial charge on any atom is -0.497 e. The molecule has 2 N–H and O–H groups in total. The fourth-order valence-corrected chi connectivity index (χ4v) is 6.85. The van der Waals surface area contributed by atoms with Crippen molar-refractivity contribution in [1.29, 1.82) is 0 Å². The zero-order valence-corrected chi connectivity index (χ0v) is 25.4. The largest absolute Gasteiger partial charge is 0.497 e. The predicted molar refractivity (Wildman–Crippen MR) is 158 cm³/mol. The molecule has 0 spiro atoms. The second-order valence-corrected chi connectivity index (χ2v) is 13.9. The highest BCUT2D eigenvalue weighted by molar-refractivity contribution is 7.92. The van der Waals surface area contributed by atoms with Crippen molar-refractivity contribution in [2.45, 2.75) is 35.8 Å². The van der Waals surface area contributed by atoms with Crippen LogP contribution in [0.4, 0.5) is 5.69 Å². The SMILES string of the molecule is COc1ccc(S(=O)(=O)Nc2ccc3c(c2)C(=O)N([C@@H](C)CO)C[C@@H](C)[C@@H](CN(C)S(=O)(=O)c2ccccc2)O3)cc1. The molecule has 0 fully saturated rings. The Morgan fingerprint density at radius 3 is 2.33 bits per heavy atom. The van der Waals surface area contributed by atoms with Gasteiger partial charge in [-0.1, -0.05) is 25.1 Å². The van der Waals surface area contributed by atoms with Gasteiger partial charge in [0.2, 0.25) is 10.0 Å². The molecule has 42 heavy (non-hydrogen) atoms. The first-order valence-corrected chi connectivity index (χ1v) is 16.2. The van der Waals surface area contributed by atoms with Gasteiger partial charge in [0, 0.05) is 25.2 Å². The number of hydrogen-bond acceptors (Lipinski definition) is 8. The lowest BCUT2D eigenvalue weighted by Crippen LogP contribution is -2.50. The molecule has 226 valence electrons. The molecule has 13 heteroatoms. The lowest BCUT2D eigenvalue weighted by Gasteiger charge is -2.38. The second kappa shape index (κ2) is 12.7. The van der Waals surface area contributed by atoms with Gasteiger partial charge in [-0.2, -0.15) is 4.31 Å². The molecule has 1 aliphatic heterocycles. The summed E-state index contributed by atoms with van der Waals surface area (Å²) in [5.41, 5.74) is 0.211. The molecule has 0 bridgehead atoms. The van der Waals surface area contributed by atoms with Gasteiger partial charge < -0.3 is 19.5 Å². The van der Waals surface area contributed by atoms with E-state index >= 15 is 0 Å². The molecule has 0 radical (unpaired) electrons. The number of ether oxygens (including phenoxy) is 2. The molecule has 4 rings (SSSR count). The van der Waals surface area contributed by atoms with E-state index in [9.17, 15) is 26.7 Å². The van der Waals surface area contributed by atoms with E-state index < -0.39 is 38.1 Å². The molecule has 0 aromatic heterocycles. The number of fused-ring (bicyclic) bond motifs is 1. The Morgan fingerprint density at radius 2 is 1.71 bits per heavy atom. The Bertz CT molecular complexity index is 1610. The first-order valence-electron chi connectivity index (χ1n) is 13.3. The zero-order valence-electron chi connectivity index (χ0n) is 23.8. The van der Waals surface area contributed by atoms with Crippen molar-refractivity contribution in [1.82, 2.24) is 9.21 Å². The van der Waals surface area contributed by atoms with Crippen LogP contribution < -0.4 is 14.2 Å². The fourth-order valence-electron chi connectivity index (χ4n) is 4.60. The fraction of sp³-hybridized carbons (Fsp3) is 0.345. The van der Waals surface area contributed by atoms with Crippen LogP contribution in [-0.4, -0.2) is 83.1 Å². The molecule has 3 aromatic rings. The number of anilines is 1. The van der Waals surface area contributed by atoms with Crippen molar-refractivity contribution in [3.05, 3.63) is 78.4 Å². The smallest absolute Gasteiger partial charge is 0.261 e. The number of likely N-dealkylation sites (N-methyl/N-ethyl adjacent to an activating group) is 1. The van der Waals surface area contributed by atoms with Crippen LogP contribution in [-0.2, 0) is 20.0 Å². The number of aliphatic hydroxyl groups excluding tert-OH is 1. The average Bonchev–Trinajstić information content (AvgIpc) is 2.99. The van der Waals surface area contributed by atoms with Crippen molar-refractivity contribution >= 4 is 31.6 Å². The summed E-state index contributed by atoms with van der Waals surface area (Å²) in [6, 6.07) is 17.7. The summed E-state index contributed by atoms with van der Waals surface area (Å²) in [5, 5.41) is 9.90. The molecular formula is C29H35N3O8S2. The number of rotatable bonds is 10. The number of sulfonamides is 2. The van der Waals surface area contributed by atoms with Gasteiger partial charge in [0.1, 0.15) is 17.6 Å². The minimum atomic E-state index is -4.00. The number of nitrogens with one attached hydrogen (secondary N) is 1. The number of aliphatic hydroxyl groups is 1. The first kappa shape index (κ1) is 31.3. The van der Waals surface area contributed by atoms with Crippen molar-refractivity contribution in [2.24, 2.45) is 5.92 Å². The second-order valence-electron chi connectivity index (χ2n) is 10.2. The Kier molecular flexibility index (Phi) is 9.46. The summed E-state index contributed by atoms with van der Waals surface area (Å²) in [6.45, 7) is 3.40. The first-order chi connectivity index (χ1) is 19.9. The standard InChI is InChI=1S/C29H35N3O8S2/c1-20-17-32(21(2)19-33)29(34)26-16-22(30-41(35,36)24-13-11-23(39-4)12-14-24)10-15-27(26)40-28(20)18-31(3)42(37,38)25-8-6-5-7-9-25/h5-16,20-21,28,30,33H,17-19H2,1-4H3/t20-,21+,28-/m1/s1. The van der Waals surface area contributed by atoms with E-state index in [-0.39, 0.29) is 52.4 Å². The van der Waals surface area contributed by atoms with Crippen LogP contribution in [0.25, 0.3) is 0 Å². The summed E-state index contributed by atoms with van der Waals surface area (Å²) >= 11 is 0. The molecule has 0 aliphatic carbocycles. The highest BCUT2D eigenvalue weighted by Crippen LogP contribution is 2.32. The van der Waals surface area contributed by atoms with Gasteiger partial charge in [0.25, 0.3) is 15.9 Å². The van der Waals surface area contributed by atoms with Gasteiger partial charge in [0.15, 0.2) is 0 Å². The van der Waals surface area contributed by atoms with Gasteiger partial charge in [-0.25, -0.2) is 16.8 Å². The van der Waals surface area contributed by atoms with Gasteiger partial charge >= 0.3 is 0 Å². The van der Waals surface area contributed by atoms with E-state index in [2.05, 4.69) is 4.72 Å². The van der Waals surface area contributed by atoms with Crippen LogP contribution in [0, 0.1) is 5.92 Å². The van der Waals surface area contributed by atoms with E-state index in [0.29, 0.717) is 5.75 Å². The van der Waals surface area contributed by atoms with E-state index in [0.717, 1.165) is 0 Å². The summed E-state index contributed by atoms with van der Waals surface area (Å²) in [6.07, 6.45) is -0.671. The molecule has 1 amide bonds. The van der Waals surface area contributed by atoms with Crippen LogP contribution >= 0.6 is 0 Å². The molecule has 0 saturated carbocycles. The van der Waals surface area contributed by atoms with Gasteiger partial charge in [0.05, 0.1) is 41.7 Å². The summed E-state index contributed by atoms with van der Waals surface area (Å²) in [7, 11) is -4.87. The molecular weight excluding hydrogens is 582 g/mol. The van der Waals surface area contributed by atoms with Crippen LogP contribution in [0.1, 0.15) is 24.2 Å². The maximum absolute atomic E-state index is 13.7. The maximum Gasteiger partial charge on any atom is 0.261 e. The minimum absolute atomic E-state index is 0.00435. The normalized spacial score (nSPS) is 18.4. The number of nitrogens with zero attached hydrogens (tertiary/aromatic N) is 2. The summed E-state index contributed by atoms with van der Waals surface area (Å²) in [5.74, 6) is -0.100. The highest BCUT2D eigenvalue weighted by Gasteiger charge is 2.35. The Labute approximate surface area is 246 Å². The third-order valence-electron chi connectivity index (χ3n) is 7.18. The van der Waals surface area contributed by atoms with Crippen LogP contribution in [0.5, 0.6) is 11.5 Å². The Morgan fingerprint density at radius 1 is 1.05 bits per heavy atom. The number of hydrogen-bond donors (Lipinski definition) is 2. The average molecular weight is 618 g/mol. The summed E-state index contributed by atoms with van der Waals surface area (Å²) in [4.78, 5) is 15.3. The van der Waals surface area contributed by atoms with Crippen LogP contribution in [0.3, 0.4) is 0 Å². The highest BCUT2D eigenvalue weighted by atomic mass is 32.2. The van der Waals surface area contributed by atoms with Gasteiger partial charge in [-0.3, -0.25) is 9.52 Å². The molecule has 1 heterocycles. The van der Waals surface area contributed by atoms with Crippen molar-refractivity contribution < 1.29 is 36.2 Å². The zero-order chi connectivity index (χ0) is 30.7. The van der Waals surface area contributed by atoms with Crippen LogP contribution in [0.15, 0.2) is 82.6 Å². The Hall–Kier alpha value is -3.65. The van der Waals surface area contributed by atoms with Crippen molar-refractivity contribution in [2.75, 3.05) is 38.6 Å². The van der Waals surface area contributed by atoms with E-state index in [1.807, 2.05) is 6.92 Å². The lowest BCUT2D eigenvalue weighted by molar-refractivity contribution is 0.0387. The van der Waals surface area contributed by atoms with Gasteiger partial charge in [-0.15, -0.1) is 0 Å². The maximum atomic E-state index is 13.7. The van der Waals surface area contributed by atoms with Crippen LogP contribution in [0.2, 0.25) is 0 Å². The molecule has 0 saturated heterocycles. The monoisotopic (exact) mass is 617 g/mol. The van der Waals surface area contributed by atoms with E-state index in [4.69, 9.17) is 9.47 Å². The number of methoxy groups -OCH3 is 1. The summed E-state index contributed by atoms with van der Waals surface area (Å²) < 4.78 is 67.6. The third kappa shape index (κ3) is 6.70. The van der Waals surface area contributed by atoms with E-state index in [1.54, 1.807) is 25.1 Å². The van der Waals surface area contributed by atoms with Crippen molar-refractivity contribution in [3.63, 3.8) is 0 Å². The number of benzene rings is 3. The molecule has 1 aliphatic rings. The van der Waals surface area contributed by atoms with Gasteiger partial charge in [-0.05, 0) is 61.5 Å². The number of carbonyl (C=O) groups excluding carboxylic acids is 1. The number of amides is 1. The number of carbonyl (C=O) groups is 1. The molecule has 3 atom stereocenters.